The van der Waals surface area contributed by atoms with Gasteiger partial charge in [-0.1, -0.05) is 0 Å². The molecule has 0 bridgehead atoms. The molecule has 1 aliphatic heterocycles. The summed E-state index contributed by atoms with van der Waals surface area (Å²) < 4.78 is 0.962. The second-order valence-electron chi connectivity index (χ2n) is 5.79. The maximum absolute atomic E-state index is 11.9. The van der Waals surface area contributed by atoms with Crippen molar-refractivity contribution < 1.29 is 19.8 Å². The predicted octanol–water partition coefficient (Wildman–Crippen LogP) is 3.22. The summed E-state index contributed by atoms with van der Waals surface area (Å²) in [5.74, 6) is -4.00. The molecular weight excluding hydrogens is 328 g/mol. The summed E-state index contributed by atoms with van der Waals surface area (Å²) >= 11 is 1.51. The highest BCUT2D eigenvalue weighted by atomic mass is 32.1. The first kappa shape index (κ1) is 16.3. The Balaban J connectivity index is 2.35. The first-order valence-corrected chi connectivity index (χ1v) is 8.19. The van der Waals surface area contributed by atoms with E-state index < -0.39 is 23.8 Å². The van der Waals surface area contributed by atoms with Crippen molar-refractivity contribution in [3.63, 3.8) is 0 Å². The molecule has 1 aliphatic rings. The lowest BCUT2D eigenvalue weighted by molar-refractivity contribution is -0.140. The van der Waals surface area contributed by atoms with Crippen LogP contribution in [0.15, 0.2) is 34.7 Å². The average molecular weight is 344 g/mol. The molecule has 6 nitrogen and oxygen atoms in total. The van der Waals surface area contributed by atoms with Crippen LogP contribution in [-0.2, 0) is 9.59 Å². The van der Waals surface area contributed by atoms with Crippen LogP contribution in [0.2, 0.25) is 0 Å². The topological polar surface area (TPSA) is 99.9 Å². The van der Waals surface area contributed by atoms with E-state index in [2.05, 4.69) is 9.98 Å². The van der Waals surface area contributed by atoms with Gasteiger partial charge in [0.05, 0.1) is 5.57 Å². The number of thiophene rings is 1. The van der Waals surface area contributed by atoms with Gasteiger partial charge < -0.3 is 10.2 Å². The van der Waals surface area contributed by atoms with E-state index in [9.17, 15) is 19.8 Å². The third-order valence-corrected chi connectivity index (χ3v) is 5.45. The highest BCUT2D eigenvalue weighted by Crippen LogP contribution is 2.45. The van der Waals surface area contributed by atoms with Crippen LogP contribution >= 0.6 is 11.3 Å². The minimum absolute atomic E-state index is 0.0413. The molecule has 24 heavy (non-hydrogen) atoms. The summed E-state index contributed by atoms with van der Waals surface area (Å²) in [5.41, 5.74) is 1.53. The van der Waals surface area contributed by atoms with Crippen LogP contribution in [0.1, 0.15) is 30.2 Å². The molecule has 3 heterocycles. The number of hydrogen-bond donors (Lipinski definition) is 2. The van der Waals surface area contributed by atoms with Crippen molar-refractivity contribution in [1.29, 1.82) is 0 Å². The van der Waals surface area contributed by atoms with Gasteiger partial charge in [-0.3, -0.25) is 14.8 Å². The number of carboxylic acids is 2. The fraction of sp³-hybridized carbons (Fsp3) is 0.294. The van der Waals surface area contributed by atoms with Crippen LogP contribution in [0.3, 0.4) is 0 Å². The van der Waals surface area contributed by atoms with Gasteiger partial charge in [-0.25, -0.2) is 4.79 Å². The monoisotopic (exact) mass is 344 g/mol. The number of allylic oxidation sites excluding steroid dienone is 1. The van der Waals surface area contributed by atoms with Gasteiger partial charge in [-0.05, 0) is 32.4 Å². The molecule has 2 N–H and O–H groups in total. The van der Waals surface area contributed by atoms with Gasteiger partial charge in [0.15, 0.2) is 0 Å². The van der Waals surface area contributed by atoms with Gasteiger partial charge in [-0.2, -0.15) is 0 Å². The summed E-state index contributed by atoms with van der Waals surface area (Å²) in [4.78, 5) is 32.9. The predicted molar refractivity (Wildman–Crippen MR) is 91.7 cm³/mol. The number of carbonyl (C=O) groups is 2. The third-order valence-electron chi connectivity index (χ3n) is 4.35. The van der Waals surface area contributed by atoms with E-state index in [0.717, 1.165) is 20.5 Å². The quantitative estimate of drug-likeness (QED) is 0.890. The molecule has 2 atom stereocenters. The molecule has 2 aromatic heterocycles. The maximum Gasteiger partial charge on any atom is 0.334 e. The minimum atomic E-state index is -1.14. The Morgan fingerprint density at radius 1 is 1.21 bits per heavy atom. The van der Waals surface area contributed by atoms with Crippen molar-refractivity contribution in [3.05, 3.63) is 40.2 Å². The summed E-state index contributed by atoms with van der Waals surface area (Å²) in [6.07, 6.45) is 3.34. The number of carboxylic acid groups (broad SMARTS) is 2. The summed E-state index contributed by atoms with van der Waals surface area (Å²) in [5, 5.41) is 20.2. The normalized spacial score (nSPS) is 21.0. The van der Waals surface area contributed by atoms with Crippen LogP contribution in [0, 0.1) is 12.8 Å². The summed E-state index contributed by atoms with van der Waals surface area (Å²) in [6, 6.07) is 1.85. The first-order chi connectivity index (χ1) is 11.3. The lowest BCUT2D eigenvalue weighted by Crippen LogP contribution is -2.35. The highest BCUT2D eigenvalue weighted by molar-refractivity contribution is 7.19. The van der Waals surface area contributed by atoms with Crippen LogP contribution in [0.25, 0.3) is 10.1 Å². The number of hydrogen-bond acceptors (Lipinski definition) is 5. The van der Waals surface area contributed by atoms with Crippen molar-refractivity contribution >= 4 is 39.1 Å². The van der Waals surface area contributed by atoms with E-state index >= 15 is 0 Å². The second-order valence-corrected chi connectivity index (χ2v) is 7.05. The van der Waals surface area contributed by atoms with Crippen molar-refractivity contribution in [2.45, 2.75) is 26.7 Å². The molecule has 0 aliphatic carbocycles. The molecule has 3 rings (SSSR count). The van der Waals surface area contributed by atoms with Crippen LogP contribution < -0.4 is 0 Å². The van der Waals surface area contributed by atoms with E-state index in [-0.39, 0.29) is 5.57 Å². The van der Waals surface area contributed by atoms with E-state index in [4.69, 9.17) is 0 Å². The van der Waals surface area contributed by atoms with Gasteiger partial charge >= 0.3 is 11.9 Å². The van der Waals surface area contributed by atoms with E-state index in [1.807, 2.05) is 13.0 Å². The molecule has 0 amide bonds. The third kappa shape index (κ3) is 2.41. The van der Waals surface area contributed by atoms with Gasteiger partial charge in [0.2, 0.25) is 0 Å². The number of rotatable bonds is 3. The van der Waals surface area contributed by atoms with E-state index in [1.54, 1.807) is 26.2 Å². The molecule has 2 aromatic rings. The van der Waals surface area contributed by atoms with Gasteiger partial charge in [0, 0.05) is 44.7 Å². The van der Waals surface area contributed by atoms with Gasteiger partial charge in [0.1, 0.15) is 5.92 Å². The lowest BCUT2D eigenvalue weighted by atomic mass is 9.75. The lowest BCUT2D eigenvalue weighted by Gasteiger charge is -2.29. The molecule has 7 heteroatoms. The zero-order chi connectivity index (χ0) is 17.6. The van der Waals surface area contributed by atoms with E-state index in [0.29, 0.717) is 11.4 Å². The largest absolute Gasteiger partial charge is 0.481 e. The second kappa shape index (κ2) is 5.83. The number of fused-ring (bicyclic) bond motifs is 1. The maximum atomic E-state index is 11.9. The molecule has 124 valence electrons. The molecule has 0 radical (unpaired) electrons. The Bertz CT molecular complexity index is 926. The molecule has 0 fully saturated rings. The smallest absolute Gasteiger partial charge is 0.334 e. The molecule has 2 unspecified atom stereocenters. The Morgan fingerprint density at radius 3 is 2.54 bits per heavy atom. The number of aromatic nitrogens is 1. The fourth-order valence-electron chi connectivity index (χ4n) is 3.42. The molecule has 0 aromatic carbocycles. The number of aliphatic imine (C=N–C) groups is 1. The van der Waals surface area contributed by atoms with Crippen molar-refractivity contribution in [3.8, 4) is 0 Å². The molecular formula is C17H16N2O4S. The Kier molecular flexibility index (Phi) is 3.96. The zero-order valence-electron chi connectivity index (χ0n) is 13.4. The first-order valence-electron chi connectivity index (χ1n) is 7.38. The number of pyridine rings is 1. The van der Waals surface area contributed by atoms with Crippen LogP contribution in [-0.4, -0.2) is 32.8 Å². The molecule has 0 spiro atoms. The standard InChI is InChI=1S/C17H16N2O4S/c1-7-12(16(20)21)15(13(17(22)23)8(2)19-7)14-9(3)24-11-4-5-18-6-10(11)14/h4-6,12,15H,1-3H3,(H,20,21)(H,22,23). The Hall–Kier alpha value is -2.54. The van der Waals surface area contributed by atoms with Gasteiger partial charge in [-0.15, -0.1) is 11.3 Å². The van der Waals surface area contributed by atoms with Crippen molar-refractivity contribution in [1.82, 2.24) is 4.98 Å². The minimum Gasteiger partial charge on any atom is -0.481 e. The van der Waals surface area contributed by atoms with Crippen LogP contribution in [0.5, 0.6) is 0 Å². The van der Waals surface area contributed by atoms with Gasteiger partial charge in [0.25, 0.3) is 0 Å². The Labute approximate surface area is 142 Å². The average Bonchev–Trinajstić information content (AvgIpc) is 2.80. The van der Waals surface area contributed by atoms with Crippen molar-refractivity contribution in [2.75, 3.05) is 0 Å². The summed E-state index contributed by atoms with van der Waals surface area (Å²) in [7, 11) is 0. The zero-order valence-corrected chi connectivity index (χ0v) is 14.2. The molecule has 0 saturated carbocycles. The molecule has 0 saturated heterocycles. The van der Waals surface area contributed by atoms with Crippen molar-refractivity contribution in [2.24, 2.45) is 10.9 Å². The Morgan fingerprint density at radius 2 is 1.92 bits per heavy atom. The number of aliphatic carboxylic acids is 2. The summed E-state index contributed by atoms with van der Waals surface area (Å²) in [6.45, 7) is 5.13. The van der Waals surface area contributed by atoms with E-state index in [1.165, 1.54) is 11.3 Å². The SMILES string of the molecule is CC1=NC(C)=C(C(=O)O)C(c2c(C)sc3ccncc23)C1C(=O)O. The number of nitrogens with zero attached hydrogens (tertiary/aromatic N) is 2. The van der Waals surface area contributed by atoms with Crippen LogP contribution in [0.4, 0.5) is 0 Å². The number of aryl methyl sites for hydroxylation is 1. The fourth-order valence-corrected chi connectivity index (χ4v) is 4.49. The highest BCUT2D eigenvalue weighted by Gasteiger charge is 2.42.